The lowest BCUT2D eigenvalue weighted by molar-refractivity contribution is 0.693. The Bertz CT molecular complexity index is 529. The predicted molar refractivity (Wildman–Crippen MR) is 76.3 cm³/mol. The molecular formula is C13H11Cl3N2. The minimum Gasteiger partial charge on any atom is -0.309 e. The molecule has 0 amide bonds. The maximum Gasteiger partial charge on any atom is 0.0652 e. The van der Waals surface area contributed by atoms with Gasteiger partial charge in [-0.2, -0.15) is 0 Å². The standard InChI is InChI=1S/C13H11Cl3N2/c14-11-1-2-12(15)13(16)10(11)8-18-7-9-3-5-17-6-4-9/h1-6,18H,7-8H2. The van der Waals surface area contributed by atoms with E-state index in [1.807, 2.05) is 12.1 Å². The van der Waals surface area contributed by atoms with Crippen molar-refractivity contribution in [3.8, 4) is 0 Å². The zero-order valence-corrected chi connectivity index (χ0v) is 11.7. The van der Waals surface area contributed by atoms with Gasteiger partial charge in [-0.25, -0.2) is 0 Å². The van der Waals surface area contributed by atoms with E-state index in [4.69, 9.17) is 34.8 Å². The Morgan fingerprint density at radius 1 is 0.889 bits per heavy atom. The number of hydrogen-bond donors (Lipinski definition) is 1. The van der Waals surface area contributed by atoms with Gasteiger partial charge in [0.2, 0.25) is 0 Å². The van der Waals surface area contributed by atoms with Crippen LogP contribution in [0.5, 0.6) is 0 Å². The Morgan fingerprint density at radius 2 is 1.56 bits per heavy atom. The van der Waals surface area contributed by atoms with E-state index in [1.165, 1.54) is 0 Å². The first-order valence-electron chi connectivity index (χ1n) is 5.40. The monoisotopic (exact) mass is 300 g/mol. The summed E-state index contributed by atoms with van der Waals surface area (Å²) in [6.45, 7) is 1.29. The SMILES string of the molecule is Clc1ccc(Cl)c(CNCc2ccncc2)c1Cl. The van der Waals surface area contributed by atoms with Crippen molar-refractivity contribution in [2.75, 3.05) is 0 Å². The summed E-state index contributed by atoms with van der Waals surface area (Å²) < 4.78 is 0. The number of benzene rings is 1. The zero-order chi connectivity index (χ0) is 13.0. The predicted octanol–water partition coefficient (Wildman–Crippen LogP) is 4.33. The molecule has 2 nitrogen and oxygen atoms in total. The van der Waals surface area contributed by atoms with Crippen LogP contribution in [0.4, 0.5) is 0 Å². The van der Waals surface area contributed by atoms with Crippen LogP contribution >= 0.6 is 34.8 Å². The van der Waals surface area contributed by atoms with E-state index in [0.717, 1.165) is 17.7 Å². The molecule has 2 aromatic rings. The molecule has 1 aromatic carbocycles. The molecule has 0 bridgehead atoms. The van der Waals surface area contributed by atoms with Gasteiger partial charge in [0, 0.05) is 36.1 Å². The molecule has 94 valence electrons. The van der Waals surface area contributed by atoms with E-state index in [2.05, 4.69) is 10.3 Å². The second-order valence-corrected chi connectivity index (χ2v) is 4.97. The fourth-order valence-electron chi connectivity index (χ4n) is 1.56. The van der Waals surface area contributed by atoms with Crippen molar-refractivity contribution in [2.24, 2.45) is 0 Å². The van der Waals surface area contributed by atoms with Gasteiger partial charge in [-0.1, -0.05) is 34.8 Å². The van der Waals surface area contributed by atoms with Crippen molar-refractivity contribution in [1.82, 2.24) is 10.3 Å². The molecule has 0 spiro atoms. The number of aromatic nitrogens is 1. The summed E-state index contributed by atoms with van der Waals surface area (Å²) in [6.07, 6.45) is 3.52. The highest BCUT2D eigenvalue weighted by molar-refractivity contribution is 6.44. The lowest BCUT2D eigenvalue weighted by atomic mass is 10.2. The van der Waals surface area contributed by atoms with E-state index in [9.17, 15) is 0 Å². The first-order valence-corrected chi connectivity index (χ1v) is 6.54. The van der Waals surface area contributed by atoms with Gasteiger partial charge in [0.05, 0.1) is 10.0 Å². The number of hydrogen-bond acceptors (Lipinski definition) is 2. The van der Waals surface area contributed by atoms with Gasteiger partial charge in [-0.05, 0) is 29.8 Å². The summed E-state index contributed by atoms with van der Waals surface area (Å²) >= 11 is 18.2. The first-order chi connectivity index (χ1) is 8.68. The van der Waals surface area contributed by atoms with Crippen LogP contribution < -0.4 is 5.32 Å². The van der Waals surface area contributed by atoms with E-state index >= 15 is 0 Å². The number of nitrogens with one attached hydrogen (secondary N) is 1. The van der Waals surface area contributed by atoms with Crippen LogP contribution in [0, 0.1) is 0 Å². The van der Waals surface area contributed by atoms with Gasteiger partial charge in [0.25, 0.3) is 0 Å². The number of pyridine rings is 1. The van der Waals surface area contributed by atoms with Crippen LogP contribution in [0.3, 0.4) is 0 Å². The largest absolute Gasteiger partial charge is 0.309 e. The molecule has 2 rings (SSSR count). The maximum absolute atomic E-state index is 6.11. The van der Waals surface area contributed by atoms with Crippen LogP contribution in [-0.4, -0.2) is 4.98 Å². The third kappa shape index (κ3) is 3.36. The minimum atomic E-state index is 0.506. The van der Waals surface area contributed by atoms with Gasteiger partial charge in [0.1, 0.15) is 0 Å². The van der Waals surface area contributed by atoms with Crippen molar-refractivity contribution in [3.63, 3.8) is 0 Å². The Kier molecular flexibility index (Phi) is 4.84. The molecule has 0 aliphatic carbocycles. The van der Waals surface area contributed by atoms with Crippen molar-refractivity contribution < 1.29 is 0 Å². The summed E-state index contributed by atoms with van der Waals surface area (Å²) in [6, 6.07) is 7.35. The van der Waals surface area contributed by atoms with E-state index in [1.54, 1.807) is 24.5 Å². The van der Waals surface area contributed by atoms with E-state index < -0.39 is 0 Å². The summed E-state index contributed by atoms with van der Waals surface area (Å²) in [5.41, 5.74) is 1.97. The molecule has 0 unspecified atom stereocenters. The van der Waals surface area contributed by atoms with Crippen molar-refractivity contribution in [3.05, 3.63) is 62.9 Å². The first kappa shape index (κ1) is 13.6. The summed E-state index contributed by atoms with van der Waals surface area (Å²) in [7, 11) is 0. The highest BCUT2D eigenvalue weighted by Gasteiger charge is 2.08. The average Bonchev–Trinajstić information content (AvgIpc) is 2.39. The Balaban J connectivity index is 2.01. The molecule has 5 heteroatoms. The number of halogens is 3. The quantitative estimate of drug-likeness (QED) is 0.850. The lowest BCUT2D eigenvalue weighted by Crippen LogP contribution is -2.13. The van der Waals surface area contributed by atoms with Crippen molar-refractivity contribution in [1.29, 1.82) is 0 Å². The molecule has 0 atom stereocenters. The fraction of sp³-hybridized carbons (Fsp3) is 0.154. The number of nitrogens with zero attached hydrogens (tertiary/aromatic N) is 1. The van der Waals surface area contributed by atoms with E-state index in [-0.39, 0.29) is 0 Å². The van der Waals surface area contributed by atoms with Gasteiger partial charge in [-0.15, -0.1) is 0 Å². The molecule has 1 aromatic heterocycles. The maximum atomic E-state index is 6.11. The Labute approximate surface area is 121 Å². The second-order valence-electron chi connectivity index (χ2n) is 3.78. The molecule has 0 radical (unpaired) electrons. The van der Waals surface area contributed by atoms with E-state index in [0.29, 0.717) is 21.6 Å². The minimum absolute atomic E-state index is 0.506. The van der Waals surface area contributed by atoms with Crippen LogP contribution in [0.15, 0.2) is 36.7 Å². The Hall–Kier alpha value is -0.800. The fourth-order valence-corrected chi connectivity index (χ4v) is 2.24. The van der Waals surface area contributed by atoms with Crippen LogP contribution in [0.1, 0.15) is 11.1 Å². The van der Waals surface area contributed by atoms with Gasteiger partial charge >= 0.3 is 0 Å². The van der Waals surface area contributed by atoms with Gasteiger partial charge < -0.3 is 5.32 Å². The second kappa shape index (κ2) is 6.39. The van der Waals surface area contributed by atoms with Gasteiger partial charge in [-0.3, -0.25) is 4.98 Å². The third-order valence-electron chi connectivity index (χ3n) is 2.52. The topological polar surface area (TPSA) is 24.9 Å². The van der Waals surface area contributed by atoms with Crippen molar-refractivity contribution in [2.45, 2.75) is 13.1 Å². The molecule has 0 aliphatic rings. The summed E-state index contributed by atoms with van der Waals surface area (Å²) in [4.78, 5) is 3.96. The molecule has 0 fully saturated rings. The Morgan fingerprint density at radius 3 is 2.28 bits per heavy atom. The van der Waals surface area contributed by atoms with Crippen LogP contribution in [-0.2, 0) is 13.1 Å². The molecule has 0 aliphatic heterocycles. The molecule has 1 heterocycles. The van der Waals surface area contributed by atoms with Crippen molar-refractivity contribution >= 4 is 34.8 Å². The third-order valence-corrected chi connectivity index (χ3v) is 3.72. The lowest BCUT2D eigenvalue weighted by Gasteiger charge is -2.09. The number of rotatable bonds is 4. The molecule has 18 heavy (non-hydrogen) atoms. The highest BCUT2D eigenvalue weighted by Crippen LogP contribution is 2.31. The normalized spacial score (nSPS) is 10.6. The molecule has 0 saturated carbocycles. The van der Waals surface area contributed by atoms with Crippen LogP contribution in [0.25, 0.3) is 0 Å². The zero-order valence-electron chi connectivity index (χ0n) is 9.46. The average molecular weight is 302 g/mol. The molecular weight excluding hydrogens is 291 g/mol. The van der Waals surface area contributed by atoms with Crippen LogP contribution in [0.2, 0.25) is 15.1 Å². The smallest absolute Gasteiger partial charge is 0.0652 e. The summed E-state index contributed by atoms with van der Waals surface area (Å²) in [5, 5.41) is 4.91. The molecule has 1 N–H and O–H groups in total. The van der Waals surface area contributed by atoms with Gasteiger partial charge in [0.15, 0.2) is 0 Å². The highest BCUT2D eigenvalue weighted by atomic mass is 35.5. The molecule has 0 saturated heterocycles. The summed E-state index contributed by atoms with van der Waals surface area (Å²) in [5.74, 6) is 0.